The Morgan fingerprint density at radius 2 is 1.81 bits per heavy atom. The van der Waals surface area contributed by atoms with E-state index in [9.17, 15) is 8.78 Å². The molecule has 6 heteroatoms. The second-order valence-electron chi connectivity index (χ2n) is 6.72. The maximum absolute atomic E-state index is 13.4. The van der Waals surface area contributed by atoms with Gasteiger partial charge in [0.05, 0.1) is 11.6 Å². The van der Waals surface area contributed by atoms with Gasteiger partial charge >= 0.3 is 0 Å². The van der Waals surface area contributed by atoms with Crippen LogP contribution >= 0.6 is 0 Å². The molecule has 1 fully saturated rings. The van der Waals surface area contributed by atoms with Crippen LogP contribution in [0, 0.1) is 0 Å². The highest BCUT2D eigenvalue weighted by atomic mass is 19.3. The third-order valence-electron chi connectivity index (χ3n) is 4.76. The number of halogens is 2. The van der Waals surface area contributed by atoms with Crippen molar-refractivity contribution in [3.8, 4) is 0 Å². The average Bonchev–Trinajstić information content (AvgIpc) is 3.20. The monoisotopic (exact) mass is 369 g/mol. The van der Waals surface area contributed by atoms with Gasteiger partial charge in [-0.1, -0.05) is 42.5 Å². The van der Waals surface area contributed by atoms with E-state index in [2.05, 4.69) is 9.97 Å². The molecule has 1 aliphatic rings. The Balaban J connectivity index is 1.77. The Kier molecular flexibility index (Phi) is 5.25. The van der Waals surface area contributed by atoms with Crippen molar-refractivity contribution in [3.05, 3.63) is 66.0 Å². The number of hydrogen-bond acceptors (Lipinski definition) is 4. The zero-order valence-corrected chi connectivity index (χ0v) is 14.9. The van der Waals surface area contributed by atoms with E-state index in [1.54, 1.807) is 12.1 Å². The Morgan fingerprint density at radius 1 is 1.04 bits per heavy atom. The van der Waals surface area contributed by atoms with E-state index in [1.807, 2.05) is 47.4 Å². The average molecular weight is 369 g/mol. The molecule has 0 aliphatic carbocycles. The summed E-state index contributed by atoms with van der Waals surface area (Å²) >= 11 is 0. The van der Waals surface area contributed by atoms with E-state index in [0.717, 1.165) is 30.4 Å². The molecule has 27 heavy (non-hydrogen) atoms. The molecule has 140 valence electrons. The van der Waals surface area contributed by atoms with E-state index in [0.29, 0.717) is 24.4 Å². The SMILES string of the molecule is FC(F)c1nc(N(Cc2ccccc2)C[C@H]2CCCO2)c2ccccc2n1. The van der Waals surface area contributed by atoms with E-state index in [-0.39, 0.29) is 6.10 Å². The first-order valence-corrected chi connectivity index (χ1v) is 9.16. The van der Waals surface area contributed by atoms with Crippen molar-refractivity contribution in [2.24, 2.45) is 0 Å². The van der Waals surface area contributed by atoms with E-state index >= 15 is 0 Å². The van der Waals surface area contributed by atoms with Crippen LogP contribution in [0.25, 0.3) is 10.9 Å². The van der Waals surface area contributed by atoms with Crippen LogP contribution < -0.4 is 4.90 Å². The topological polar surface area (TPSA) is 38.2 Å². The van der Waals surface area contributed by atoms with E-state index in [4.69, 9.17) is 4.74 Å². The van der Waals surface area contributed by atoms with Gasteiger partial charge in [-0.05, 0) is 30.5 Å². The number of para-hydroxylation sites is 1. The quantitative estimate of drug-likeness (QED) is 0.628. The van der Waals surface area contributed by atoms with Crippen LogP contribution in [0.5, 0.6) is 0 Å². The Labute approximate surface area is 156 Å². The summed E-state index contributed by atoms with van der Waals surface area (Å²) in [5.74, 6) is 0.101. The van der Waals surface area contributed by atoms with Gasteiger partial charge in [-0.15, -0.1) is 0 Å². The molecule has 2 heterocycles. The predicted octanol–water partition coefficient (Wildman–Crippen LogP) is 4.75. The van der Waals surface area contributed by atoms with Crippen LogP contribution in [-0.2, 0) is 11.3 Å². The summed E-state index contributed by atoms with van der Waals surface area (Å²) in [6.07, 6.45) is -0.640. The Hall–Kier alpha value is -2.60. The summed E-state index contributed by atoms with van der Waals surface area (Å²) in [6, 6.07) is 17.3. The fourth-order valence-corrected chi connectivity index (χ4v) is 3.48. The third-order valence-corrected chi connectivity index (χ3v) is 4.76. The van der Waals surface area contributed by atoms with Gasteiger partial charge in [0, 0.05) is 25.1 Å². The molecule has 0 saturated carbocycles. The van der Waals surface area contributed by atoms with Crippen LogP contribution in [0.2, 0.25) is 0 Å². The predicted molar refractivity (Wildman–Crippen MR) is 101 cm³/mol. The number of aromatic nitrogens is 2. The van der Waals surface area contributed by atoms with Crippen molar-refractivity contribution in [1.82, 2.24) is 9.97 Å². The lowest BCUT2D eigenvalue weighted by molar-refractivity contribution is 0.115. The summed E-state index contributed by atoms with van der Waals surface area (Å²) < 4.78 is 32.6. The third kappa shape index (κ3) is 4.06. The van der Waals surface area contributed by atoms with E-state index < -0.39 is 12.2 Å². The summed E-state index contributed by atoms with van der Waals surface area (Å²) in [6.45, 7) is 1.93. The van der Waals surface area contributed by atoms with Gasteiger partial charge in [0.2, 0.25) is 0 Å². The normalized spacial score (nSPS) is 16.9. The molecule has 1 saturated heterocycles. The summed E-state index contributed by atoms with van der Waals surface area (Å²) in [5.41, 5.74) is 1.62. The lowest BCUT2D eigenvalue weighted by Crippen LogP contribution is -2.33. The van der Waals surface area contributed by atoms with Gasteiger partial charge in [0.15, 0.2) is 5.82 Å². The number of alkyl halides is 2. The van der Waals surface area contributed by atoms with E-state index in [1.165, 1.54) is 0 Å². The molecule has 0 bridgehead atoms. The summed E-state index contributed by atoms with van der Waals surface area (Å²) in [7, 11) is 0. The molecular formula is C21H21F2N3O. The van der Waals surface area contributed by atoms with Crippen LogP contribution in [-0.4, -0.2) is 29.2 Å². The lowest BCUT2D eigenvalue weighted by Gasteiger charge is -2.28. The van der Waals surface area contributed by atoms with Crippen molar-refractivity contribution in [2.75, 3.05) is 18.1 Å². The summed E-state index contributed by atoms with van der Waals surface area (Å²) in [5, 5.41) is 0.774. The number of nitrogens with zero attached hydrogens (tertiary/aromatic N) is 3. The number of hydrogen-bond donors (Lipinski definition) is 0. The minimum Gasteiger partial charge on any atom is -0.376 e. The smallest absolute Gasteiger partial charge is 0.297 e. The van der Waals surface area contributed by atoms with Gasteiger partial charge in [0.25, 0.3) is 6.43 Å². The van der Waals surface area contributed by atoms with Crippen LogP contribution in [0.1, 0.15) is 30.7 Å². The van der Waals surface area contributed by atoms with Crippen LogP contribution in [0.15, 0.2) is 54.6 Å². The molecule has 0 spiro atoms. The second-order valence-corrected chi connectivity index (χ2v) is 6.72. The number of fused-ring (bicyclic) bond motifs is 1. The minimum atomic E-state index is -2.71. The minimum absolute atomic E-state index is 0.0810. The molecule has 0 unspecified atom stereocenters. The van der Waals surface area contributed by atoms with Gasteiger partial charge < -0.3 is 9.64 Å². The fraction of sp³-hybridized carbons (Fsp3) is 0.333. The molecule has 4 rings (SSSR count). The van der Waals surface area contributed by atoms with Gasteiger partial charge in [0.1, 0.15) is 5.82 Å². The maximum Gasteiger partial charge on any atom is 0.297 e. The first-order chi connectivity index (χ1) is 13.2. The number of anilines is 1. The highest BCUT2D eigenvalue weighted by Gasteiger charge is 2.24. The number of ether oxygens (including phenoxy) is 1. The van der Waals surface area contributed by atoms with Gasteiger partial charge in [-0.3, -0.25) is 0 Å². The highest BCUT2D eigenvalue weighted by Crippen LogP contribution is 2.29. The zero-order chi connectivity index (χ0) is 18.6. The largest absolute Gasteiger partial charge is 0.376 e. The molecule has 2 aromatic carbocycles. The molecule has 0 amide bonds. The van der Waals surface area contributed by atoms with Crippen molar-refractivity contribution in [2.45, 2.75) is 31.9 Å². The fourth-order valence-electron chi connectivity index (χ4n) is 3.48. The van der Waals surface area contributed by atoms with Crippen molar-refractivity contribution < 1.29 is 13.5 Å². The van der Waals surface area contributed by atoms with Crippen LogP contribution in [0.4, 0.5) is 14.6 Å². The van der Waals surface area contributed by atoms with Crippen LogP contribution in [0.3, 0.4) is 0 Å². The first-order valence-electron chi connectivity index (χ1n) is 9.16. The van der Waals surface area contributed by atoms with Crippen molar-refractivity contribution >= 4 is 16.7 Å². The summed E-state index contributed by atoms with van der Waals surface area (Å²) in [4.78, 5) is 10.3. The molecule has 1 aliphatic heterocycles. The standard InChI is InChI=1S/C21H21F2N3O/c22-19(23)20-24-18-11-5-4-10-17(18)21(25-20)26(14-16-9-6-12-27-16)13-15-7-2-1-3-8-15/h1-5,7-8,10-11,16,19H,6,9,12-14H2/t16-/m1/s1. The molecule has 1 aromatic heterocycles. The number of rotatable bonds is 6. The van der Waals surface area contributed by atoms with Gasteiger partial charge in [-0.2, -0.15) is 0 Å². The van der Waals surface area contributed by atoms with Gasteiger partial charge in [-0.25, -0.2) is 18.7 Å². The lowest BCUT2D eigenvalue weighted by atomic mass is 10.1. The molecule has 0 N–H and O–H groups in total. The molecule has 1 atom stereocenters. The highest BCUT2D eigenvalue weighted by molar-refractivity contribution is 5.89. The van der Waals surface area contributed by atoms with Crippen molar-refractivity contribution in [1.29, 1.82) is 0 Å². The zero-order valence-electron chi connectivity index (χ0n) is 14.9. The second kappa shape index (κ2) is 7.96. The maximum atomic E-state index is 13.4. The molecule has 4 nitrogen and oxygen atoms in total. The molecule has 0 radical (unpaired) electrons. The molecule has 3 aromatic rings. The van der Waals surface area contributed by atoms with Crippen molar-refractivity contribution in [3.63, 3.8) is 0 Å². The Morgan fingerprint density at radius 3 is 2.56 bits per heavy atom. The number of benzene rings is 2. The molecular weight excluding hydrogens is 348 g/mol. The Bertz CT molecular complexity index is 898. The first kappa shape index (κ1) is 17.8.